The van der Waals surface area contributed by atoms with Crippen LogP contribution in [-0.2, 0) is 16.0 Å². The van der Waals surface area contributed by atoms with Gasteiger partial charge in [0, 0.05) is 64.0 Å². The van der Waals surface area contributed by atoms with Crippen molar-refractivity contribution in [3.05, 3.63) is 47.2 Å². The van der Waals surface area contributed by atoms with E-state index in [-0.39, 0.29) is 17.6 Å². The highest BCUT2D eigenvalue weighted by atomic mass is 16.6. The third-order valence-corrected chi connectivity index (χ3v) is 8.10. The topological polar surface area (TPSA) is 122 Å². The summed E-state index contributed by atoms with van der Waals surface area (Å²) in [6, 6.07) is 9.33. The van der Waals surface area contributed by atoms with Crippen LogP contribution < -0.4 is 9.47 Å². The summed E-state index contributed by atoms with van der Waals surface area (Å²) in [5.41, 5.74) is 2.94. The summed E-state index contributed by atoms with van der Waals surface area (Å²) in [7, 11) is 1.62. The van der Waals surface area contributed by atoms with Gasteiger partial charge in [-0.3, -0.25) is 9.80 Å². The summed E-state index contributed by atoms with van der Waals surface area (Å²) < 4.78 is 29.0. The van der Waals surface area contributed by atoms with Gasteiger partial charge in [-0.25, -0.2) is 4.79 Å². The summed E-state index contributed by atoms with van der Waals surface area (Å²) in [6.45, 7) is 13.3. The minimum absolute atomic E-state index is 0.0257. The Morgan fingerprint density at radius 1 is 1.02 bits per heavy atom. The summed E-state index contributed by atoms with van der Waals surface area (Å²) >= 11 is 0. The van der Waals surface area contributed by atoms with Gasteiger partial charge in [-0.1, -0.05) is 0 Å². The minimum Gasteiger partial charge on any atom is -0.504 e. The van der Waals surface area contributed by atoms with Crippen LogP contribution in [0.15, 0.2) is 45.0 Å². The van der Waals surface area contributed by atoms with E-state index in [1.54, 1.807) is 24.2 Å². The highest BCUT2D eigenvalue weighted by Gasteiger charge is 2.28. The molecule has 0 spiro atoms. The molecule has 0 atom stereocenters. The fourth-order valence-corrected chi connectivity index (χ4v) is 5.69. The maximum absolute atomic E-state index is 12.5. The molecule has 3 aliphatic heterocycles. The van der Waals surface area contributed by atoms with Crippen LogP contribution in [0, 0.1) is 0 Å². The Balaban J connectivity index is 1.18. The van der Waals surface area contributed by atoms with E-state index in [2.05, 4.69) is 20.0 Å². The van der Waals surface area contributed by atoms with Crippen LogP contribution in [0.2, 0.25) is 0 Å². The molecule has 240 valence electrons. The Bertz CT molecular complexity index is 1590. The van der Waals surface area contributed by atoms with Crippen LogP contribution in [0.3, 0.4) is 0 Å². The molecule has 1 aromatic heterocycles. The molecule has 12 heteroatoms. The van der Waals surface area contributed by atoms with Gasteiger partial charge in [0.1, 0.15) is 29.3 Å². The second-order valence-corrected chi connectivity index (χ2v) is 12.4. The van der Waals surface area contributed by atoms with Crippen molar-refractivity contribution in [2.24, 2.45) is 10.2 Å². The van der Waals surface area contributed by atoms with Crippen molar-refractivity contribution in [1.82, 2.24) is 14.7 Å². The average molecular weight is 620 g/mol. The van der Waals surface area contributed by atoms with Crippen molar-refractivity contribution in [2.75, 3.05) is 72.7 Å². The van der Waals surface area contributed by atoms with E-state index in [0.29, 0.717) is 61.7 Å². The number of methoxy groups -OCH3 is 1. The molecular weight excluding hydrogens is 578 g/mol. The van der Waals surface area contributed by atoms with Gasteiger partial charge in [-0.05, 0) is 51.1 Å². The predicted octanol–water partition coefficient (Wildman–Crippen LogP) is 5.51. The zero-order chi connectivity index (χ0) is 31.6. The van der Waals surface area contributed by atoms with Crippen molar-refractivity contribution in [3.63, 3.8) is 0 Å². The first kappa shape index (κ1) is 30.9. The Morgan fingerprint density at radius 2 is 1.80 bits per heavy atom. The first-order valence-electron chi connectivity index (χ1n) is 15.4. The predicted molar refractivity (Wildman–Crippen MR) is 169 cm³/mol. The second kappa shape index (κ2) is 13.1. The molecule has 2 fully saturated rings. The summed E-state index contributed by atoms with van der Waals surface area (Å²) in [5, 5.41) is 20.5. The zero-order valence-corrected chi connectivity index (χ0v) is 26.4. The van der Waals surface area contributed by atoms with Crippen LogP contribution >= 0.6 is 0 Å². The molecule has 0 bridgehead atoms. The summed E-state index contributed by atoms with van der Waals surface area (Å²) in [6.07, 6.45) is 1.41. The Labute approximate surface area is 262 Å². The number of aromatic hydroxyl groups is 1. The van der Waals surface area contributed by atoms with Gasteiger partial charge in [0.15, 0.2) is 11.5 Å². The number of benzene rings is 2. The SMILES string of the molecule is COc1ccc2c(O)c(C=C3N=Nc4ccc(OCCN5CCOCC5)cc43)oc2c1CN1CCN(C(=O)OC(C)(C)C)CC1. The monoisotopic (exact) mass is 619 g/mol. The number of ether oxygens (including phenoxy) is 4. The van der Waals surface area contributed by atoms with Crippen LogP contribution in [0.5, 0.6) is 17.2 Å². The number of amides is 1. The molecule has 3 aliphatic rings. The van der Waals surface area contributed by atoms with E-state index in [9.17, 15) is 9.90 Å². The molecule has 12 nitrogen and oxygen atoms in total. The molecule has 3 aromatic rings. The lowest BCUT2D eigenvalue weighted by atomic mass is 10.1. The van der Waals surface area contributed by atoms with Crippen LogP contribution in [0.25, 0.3) is 22.7 Å². The number of azo groups is 1. The van der Waals surface area contributed by atoms with E-state index in [0.717, 1.165) is 55.4 Å². The fourth-order valence-electron chi connectivity index (χ4n) is 5.69. The molecule has 0 saturated carbocycles. The number of fused-ring (bicyclic) bond motifs is 2. The summed E-state index contributed by atoms with van der Waals surface area (Å²) in [5.74, 6) is 1.70. The normalized spacial score (nSPS) is 18.5. The fraction of sp³-hybridized carbons (Fsp3) is 0.485. The standard InChI is InChI=1S/C33H41N5O7/c1-33(2,3)45-32(40)38-11-9-37(10-12-38)21-25-28(41-4)8-6-23-30(39)29(44-31(23)25)20-27-24-19-22(5-7-26(24)34-35-27)43-18-15-36-13-16-42-17-14-36/h5-8,19-20,39H,9-18,21H2,1-4H3. The van der Waals surface area contributed by atoms with E-state index in [1.807, 2.05) is 45.0 Å². The minimum atomic E-state index is -0.535. The lowest BCUT2D eigenvalue weighted by molar-refractivity contribution is 0.0138. The number of hydrogen-bond acceptors (Lipinski definition) is 11. The molecule has 6 rings (SSSR count). The van der Waals surface area contributed by atoms with Crippen molar-refractivity contribution < 1.29 is 33.3 Å². The highest BCUT2D eigenvalue weighted by molar-refractivity contribution is 5.95. The van der Waals surface area contributed by atoms with Crippen LogP contribution in [-0.4, -0.2) is 104 Å². The molecular formula is C33H41N5O7. The molecule has 2 aromatic carbocycles. The molecule has 0 aliphatic carbocycles. The average Bonchev–Trinajstić information content (AvgIpc) is 3.57. The third-order valence-electron chi connectivity index (χ3n) is 8.10. The number of nitrogens with zero attached hydrogens (tertiary/aromatic N) is 5. The van der Waals surface area contributed by atoms with Crippen molar-refractivity contribution in [1.29, 1.82) is 0 Å². The quantitative estimate of drug-likeness (QED) is 0.348. The summed E-state index contributed by atoms with van der Waals surface area (Å²) in [4.78, 5) is 18.8. The lowest BCUT2D eigenvalue weighted by Gasteiger charge is -2.35. The highest BCUT2D eigenvalue weighted by Crippen LogP contribution is 2.43. The number of carbonyl (C=O) groups is 1. The number of morpholine rings is 1. The number of hydrogen-bond donors (Lipinski definition) is 1. The molecule has 1 N–H and O–H groups in total. The molecule has 2 saturated heterocycles. The first-order valence-corrected chi connectivity index (χ1v) is 15.4. The van der Waals surface area contributed by atoms with E-state index >= 15 is 0 Å². The Kier molecular flexibility index (Phi) is 8.97. The van der Waals surface area contributed by atoms with E-state index in [4.69, 9.17) is 23.4 Å². The number of carbonyl (C=O) groups excluding carboxylic acids is 1. The molecule has 4 heterocycles. The van der Waals surface area contributed by atoms with Gasteiger partial charge in [0.05, 0.1) is 42.7 Å². The first-order chi connectivity index (χ1) is 21.7. The largest absolute Gasteiger partial charge is 0.504 e. The maximum atomic E-state index is 12.5. The van der Waals surface area contributed by atoms with Gasteiger partial charge in [-0.15, -0.1) is 10.2 Å². The van der Waals surface area contributed by atoms with Crippen LogP contribution in [0.1, 0.15) is 37.7 Å². The van der Waals surface area contributed by atoms with Gasteiger partial charge < -0.3 is 33.4 Å². The Hall–Kier alpha value is -4.13. The second-order valence-electron chi connectivity index (χ2n) is 12.4. The van der Waals surface area contributed by atoms with Gasteiger partial charge >= 0.3 is 6.09 Å². The van der Waals surface area contributed by atoms with E-state index in [1.165, 1.54) is 0 Å². The number of furan rings is 1. The molecule has 0 unspecified atom stereocenters. The Morgan fingerprint density at radius 3 is 2.53 bits per heavy atom. The smallest absolute Gasteiger partial charge is 0.410 e. The number of piperazine rings is 1. The van der Waals surface area contributed by atoms with Gasteiger partial charge in [0.25, 0.3) is 0 Å². The molecule has 45 heavy (non-hydrogen) atoms. The molecule has 1 amide bonds. The lowest BCUT2D eigenvalue weighted by Crippen LogP contribution is -2.49. The van der Waals surface area contributed by atoms with Crippen molar-refractivity contribution in [2.45, 2.75) is 32.9 Å². The third kappa shape index (κ3) is 7.08. The van der Waals surface area contributed by atoms with Gasteiger partial charge in [0.2, 0.25) is 0 Å². The van der Waals surface area contributed by atoms with E-state index < -0.39 is 5.60 Å². The van der Waals surface area contributed by atoms with Crippen molar-refractivity contribution in [3.8, 4) is 17.2 Å². The van der Waals surface area contributed by atoms with Crippen molar-refractivity contribution >= 4 is 34.5 Å². The number of rotatable bonds is 8. The van der Waals surface area contributed by atoms with Gasteiger partial charge in [-0.2, -0.15) is 0 Å². The zero-order valence-electron chi connectivity index (χ0n) is 26.4. The molecule has 0 radical (unpaired) electrons. The van der Waals surface area contributed by atoms with Crippen LogP contribution in [0.4, 0.5) is 10.5 Å². The maximum Gasteiger partial charge on any atom is 0.410 e.